The summed E-state index contributed by atoms with van der Waals surface area (Å²) in [7, 11) is 0. The van der Waals surface area contributed by atoms with Crippen molar-refractivity contribution in [1.82, 2.24) is 0 Å². The molecule has 1 aromatic rings. The second-order valence-electron chi connectivity index (χ2n) is 2.64. The average molecular weight is 212 g/mol. The number of phenolic OH excluding ortho intramolecular Hbond substituents is 1. The van der Waals surface area contributed by atoms with Crippen LogP contribution in [0.4, 0.5) is 4.39 Å². The third-order valence-electron chi connectivity index (χ3n) is 1.66. The number of phenols is 1. The fraction of sp³-hybridized carbons (Fsp3) is 0.100. The fourth-order valence-corrected chi connectivity index (χ4v) is 1.12. The van der Waals surface area contributed by atoms with Gasteiger partial charge in [0, 0.05) is 5.75 Å². The van der Waals surface area contributed by atoms with Crippen LogP contribution in [-0.2, 0) is 0 Å². The van der Waals surface area contributed by atoms with Crippen LogP contribution < -0.4 is 0 Å². The molecule has 74 valence electrons. The molecule has 0 amide bonds. The third kappa shape index (κ3) is 2.35. The van der Waals surface area contributed by atoms with Crippen LogP contribution >= 0.6 is 12.6 Å². The zero-order valence-electron chi connectivity index (χ0n) is 7.27. The van der Waals surface area contributed by atoms with Crippen LogP contribution in [-0.4, -0.2) is 17.1 Å². The zero-order chi connectivity index (χ0) is 10.6. The van der Waals surface area contributed by atoms with Gasteiger partial charge in [-0.1, -0.05) is 12.2 Å². The maximum atomic E-state index is 13.0. The Morgan fingerprint density at radius 2 is 2.21 bits per heavy atom. The summed E-state index contributed by atoms with van der Waals surface area (Å²) in [5.74, 6) is -0.879. The van der Waals surface area contributed by atoms with Gasteiger partial charge >= 0.3 is 0 Å². The Balaban J connectivity index is 3.16. The van der Waals surface area contributed by atoms with E-state index >= 15 is 0 Å². The van der Waals surface area contributed by atoms with Gasteiger partial charge in [-0.3, -0.25) is 4.79 Å². The molecule has 14 heavy (non-hydrogen) atoms. The summed E-state index contributed by atoms with van der Waals surface area (Å²) in [6.45, 7) is 0. The summed E-state index contributed by atoms with van der Waals surface area (Å²) in [6, 6.07) is 2.56. The topological polar surface area (TPSA) is 37.3 Å². The van der Waals surface area contributed by atoms with E-state index in [4.69, 9.17) is 5.11 Å². The van der Waals surface area contributed by atoms with Crippen LogP contribution in [0.2, 0.25) is 0 Å². The first kappa shape index (κ1) is 10.8. The van der Waals surface area contributed by atoms with Crippen LogP contribution in [0.25, 0.3) is 6.08 Å². The van der Waals surface area contributed by atoms with Crippen molar-refractivity contribution in [2.45, 2.75) is 0 Å². The predicted molar refractivity (Wildman–Crippen MR) is 56.3 cm³/mol. The summed E-state index contributed by atoms with van der Waals surface area (Å²) < 4.78 is 13.0. The molecule has 0 radical (unpaired) electrons. The highest BCUT2D eigenvalue weighted by atomic mass is 32.1. The lowest BCUT2D eigenvalue weighted by molar-refractivity contribution is 0.112. The number of thiol groups is 1. The second-order valence-corrected chi connectivity index (χ2v) is 3.01. The lowest BCUT2D eigenvalue weighted by atomic mass is 10.1. The summed E-state index contributed by atoms with van der Waals surface area (Å²) in [5.41, 5.74) is 0.472. The Morgan fingerprint density at radius 1 is 1.50 bits per heavy atom. The van der Waals surface area contributed by atoms with Crippen LogP contribution in [0, 0.1) is 5.82 Å². The van der Waals surface area contributed by atoms with Crippen molar-refractivity contribution in [2.75, 3.05) is 5.75 Å². The first-order chi connectivity index (χ1) is 6.69. The Labute approximate surface area is 86.5 Å². The van der Waals surface area contributed by atoms with Gasteiger partial charge in [0.15, 0.2) is 17.9 Å². The van der Waals surface area contributed by atoms with Crippen molar-refractivity contribution < 1.29 is 14.3 Å². The van der Waals surface area contributed by atoms with Crippen LogP contribution in [0.1, 0.15) is 15.9 Å². The van der Waals surface area contributed by atoms with Crippen LogP contribution in [0.5, 0.6) is 5.75 Å². The molecule has 0 aliphatic heterocycles. The predicted octanol–water partition coefficient (Wildman–Crippen LogP) is 2.29. The number of hydrogen-bond acceptors (Lipinski definition) is 3. The highest BCUT2D eigenvalue weighted by Crippen LogP contribution is 2.22. The SMILES string of the molecule is O=Cc1cc(C=CCS)cc(F)c1O. The van der Waals surface area contributed by atoms with Crippen molar-refractivity contribution in [2.24, 2.45) is 0 Å². The highest BCUT2D eigenvalue weighted by molar-refractivity contribution is 7.80. The summed E-state index contributed by atoms with van der Waals surface area (Å²) in [6.07, 6.45) is 3.75. The number of carbonyl (C=O) groups is 1. The number of rotatable bonds is 3. The lowest BCUT2D eigenvalue weighted by Gasteiger charge is -2.00. The van der Waals surface area contributed by atoms with Gasteiger partial charge in [-0.05, 0) is 17.7 Å². The first-order valence-electron chi connectivity index (χ1n) is 3.94. The Kier molecular flexibility index (Phi) is 3.71. The van der Waals surface area contributed by atoms with Gasteiger partial charge in [0.1, 0.15) is 0 Å². The molecule has 0 saturated heterocycles. The number of carbonyl (C=O) groups excluding carboxylic acids is 1. The van der Waals surface area contributed by atoms with Gasteiger partial charge in [0.2, 0.25) is 0 Å². The van der Waals surface area contributed by atoms with Gasteiger partial charge in [0.25, 0.3) is 0 Å². The molecule has 0 saturated carbocycles. The minimum absolute atomic E-state index is 0.0520. The monoisotopic (exact) mass is 212 g/mol. The van der Waals surface area contributed by atoms with Crippen molar-refractivity contribution in [1.29, 1.82) is 0 Å². The first-order valence-corrected chi connectivity index (χ1v) is 4.57. The normalized spacial score (nSPS) is 10.7. The van der Waals surface area contributed by atoms with Gasteiger partial charge < -0.3 is 5.11 Å². The summed E-state index contributed by atoms with van der Waals surface area (Å²) >= 11 is 3.95. The number of aldehydes is 1. The van der Waals surface area contributed by atoms with E-state index in [9.17, 15) is 9.18 Å². The second kappa shape index (κ2) is 4.81. The molecule has 0 atom stereocenters. The number of benzene rings is 1. The molecule has 0 aliphatic rings. The highest BCUT2D eigenvalue weighted by Gasteiger charge is 2.07. The maximum absolute atomic E-state index is 13.0. The maximum Gasteiger partial charge on any atom is 0.166 e. The van der Waals surface area contributed by atoms with Gasteiger partial charge in [-0.15, -0.1) is 0 Å². The van der Waals surface area contributed by atoms with Crippen molar-refractivity contribution in [3.8, 4) is 5.75 Å². The largest absolute Gasteiger partial charge is 0.504 e. The molecule has 0 unspecified atom stereocenters. The van der Waals surface area contributed by atoms with E-state index in [2.05, 4.69) is 12.6 Å². The van der Waals surface area contributed by atoms with E-state index in [0.29, 0.717) is 17.6 Å². The third-order valence-corrected chi connectivity index (χ3v) is 1.87. The molecule has 1 rings (SSSR count). The lowest BCUT2D eigenvalue weighted by Crippen LogP contribution is -1.87. The average Bonchev–Trinajstić information content (AvgIpc) is 2.19. The Morgan fingerprint density at radius 3 is 2.79 bits per heavy atom. The fourth-order valence-electron chi connectivity index (χ4n) is 1.02. The smallest absolute Gasteiger partial charge is 0.166 e. The van der Waals surface area contributed by atoms with E-state index in [0.717, 1.165) is 6.07 Å². The molecule has 1 aromatic carbocycles. The number of aromatic hydroxyl groups is 1. The van der Waals surface area contributed by atoms with E-state index < -0.39 is 11.6 Å². The summed E-state index contributed by atoms with van der Waals surface area (Å²) in [5, 5.41) is 9.10. The molecule has 0 bridgehead atoms. The van der Waals surface area contributed by atoms with Crippen molar-refractivity contribution in [3.05, 3.63) is 35.2 Å². The minimum atomic E-state index is -0.798. The van der Waals surface area contributed by atoms with Crippen LogP contribution in [0.3, 0.4) is 0 Å². The molecule has 0 fully saturated rings. The van der Waals surface area contributed by atoms with Crippen molar-refractivity contribution in [3.63, 3.8) is 0 Å². The van der Waals surface area contributed by atoms with E-state index in [-0.39, 0.29) is 5.56 Å². The van der Waals surface area contributed by atoms with E-state index in [1.54, 1.807) is 12.2 Å². The standard InChI is InChI=1S/C10H9FO2S/c11-9-5-7(2-1-3-14)4-8(6-12)10(9)13/h1-2,4-6,13-14H,3H2. The molecule has 0 spiro atoms. The Hall–Kier alpha value is -1.29. The number of halogens is 1. The molecule has 1 N–H and O–H groups in total. The molecule has 0 heterocycles. The molecule has 0 aromatic heterocycles. The van der Waals surface area contributed by atoms with E-state index in [1.807, 2.05) is 0 Å². The van der Waals surface area contributed by atoms with E-state index in [1.165, 1.54) is 6.07 Å². The Bertz CT molecular complexity index is 375. The molecule has 0 aliphatic carbocycles. The molecular formula is C10H9FO2S. The zero-order valence-corrected chi connectivity index (χ0v) is 8.17. The van der Waals surface area contributed by atoms with Gasteiger partial charge in [0.05, 0.1) is 5.56 Å². The van der Waals surface area contributed by atoms with Crippen molar-refractivity contribution >= 4 is 25.0 Å². The molecule has 4 heteroatoms. The molecular weight excluding hydrogens is 203 g/mol. The quantitative estimate of drug-likeness (QED) is 0.596. The minimum Gasteiger partial charge on any atom is -0.504 e. The summed E-state index contributed by atoms with van der Waals surface area (Å²) in [4.78, 5) is 10.4. The molecule has 2 nitrogen and oxygen atoms in total. The van der Waals surface area contributed by atoms with Crippen LogP contribution in [0.15, 0.2) is 18.2 Å². The van der Waals surface area contributed by atoms with Gasteiger partial charge in [-0.25, -0.2) is 4.39 Å². The number of hydrogen-bond donors (Lipinski definition) is 2. The van der Waals surface area contributed by atoms with Gasteiger partial charge in [-0.2, -0.15) is 12.6 Å².